The number of aromatic nitrogens is 8. The predicted molar refractivity (Wildman–Crippen MR) is 159 cm³/mol. The molecule has 0 saturated heterocycles. The van der Waals surface area contributed by atoms with Crippen LogP contribution in [0, 0.1) is 13.8 Å². The number of benzene rings is 3. The highest BCUT2D eigenvalue weighted by molar-refractivity contribution is 6.12. The number of nitrogens with one attached hydrogen (secondary N) is 6. The summed E-state index contributed by atoms with van der Waals surface area (Å²) in [5.41, 5.74) is 7.14. The molecule has 4 aromatic heterocycles. The number of hydrogen-bond acceptors (Lipinski definition) is 6. The lowest BCUT2D eigenvalue weighted by atomic mass is 10.1. The van der Waals surface area contributed by atoms with E-state index in [1.165, 1.54) is 12.7 Å². The zero-order valence-corrected chi connectivity index (χ0v) is 22.5. The highest BCUT2D eigenvalue weighted by atomic mass is 16.2. The first kappa shape index (κ1) is 25.0. The molecule has 7 aromatic rings. The molecule has 0 fully saturated rings. The zero-order valence-electron chi connectivity index (χ0n) is 22.5. The normalized spacial score (nSPS) is 11.3. The minimum absolute atomic E-state index is 0.227. The number of anilines is 2. The summed E-state index contributed by atoms with van der Waals surface area (Å²) in [4.78, 5) is 57.1. The standard InChI is InChI=1S/C30H24N10O2/c1-15-11-21(39-29(41)25-23(31-13-33-25)27-35-17-7-3-4-8-18(17)36-27)22(12-16(15)2)40-30(42)26-24(32-14-34-26)28-37-19-9-5-6-10-20(19)38-28/h3-14H,1-2H3,(H,31,33)(H,32,34)(H,35,36)(H,37,38)(H,39,41)(H,40,42). The van der Waals surface area contributed by atoms with Crippen LogP contribution in [-0.2, 0) is 0 Å². The van der Waals surface area contributed by atoms with Crippen molar-refractivity contribution in [3.63, 3.8) is 0 Å². The van der Waals surface area contributed by atoms with Crippen LogP contribution in [0.25, 0.3) is 45.1 Å². The first-order valence-corrected chi connectivity index (χ1v) is 13.2. The molecule has 0 aliphatic carbocycles. The average molecular weight is 557 g/mol. The quantitative estimate of drug-likeness (QED) is 0.161. The maximum atomic E-state index is 13.5. The molecule has 0 atom stereocenters. The van der Waals surface area contributed by atoms with E-state index in [1.807, 2.05) is 74.5 Å². The Labute approximate surface area is 238 Å². The van der Waals surface area contributed by atoms with E-state index in [1.54, 1.807) is 0 Å². The summed E-state index contributed by atoms with van der Waals surface area (Å²) >= 11 is 0. The van der Waals surface area contributed by atoms with Crippen LogP contribution in [0.2, 0.25) is 0 Å². The summed E-state index contributed by atoms with van der Waals surface area (Å²) in [6.07, 6.45) is 2.89. The third-order valence-electron chi connectivity index (χ3n) is 7.09. The molecular weight excluding hydrogens is 532 g/mol. The Hall–Kier alpha value is -6.04. The Balaban J connectivity index is 1.18. The maximum absolute atomic E-state index is 13.5. The monoisotopic (exact) mass is 556 g/mol. The van der Waals surface area contributed by atoms with E-state index in [0.29, 0.717) is 34.4 Å². The number of H-pyrrole nitrogens is 4. The zero-order chi connectivity index (χ0) is 28.8. The molecule has 42 heavy (non-hydrogen) atoms. The van der Waals surface area contributed by atoms with Gasteiger partial charge < -0.3 is 30.6 Å². The number of carbonyl (C=O) groups is 2. The van der Waals surface area contributed by atoms with E-state index in [4.69, 9.17) is 0 Å². The van der Waals surface area contributed by atoms with E-state index in [2.05, 4.69) is 50.5 Å². The number of imidazole rings is 4. The van der Waals surface area contributed by atoms with E-state index in [0.717, 1.165) is 33.2 Å². The van der Waals surface area contributed by atoms with Crippen molar-refractivity contribution in [2.75, 3.05) is 10.6 Å². The van der Waals surface area contributed by atoms with Crippen LogP contribution in [0.4, 0.5) is 11.4 Å². The summed E-state index contributed by atoms with van der Waals surface area (Å²) in [6, 6.07) is 18.8. The van der Waals surface area contributed by atoms with Crippen molar-refractivity contribution in [1.82, 2.24) is 39.9 Å². The van der Waals surface area contributed by atoms with Gasteiger partial charge in [0.15, 0.2) is 11.6 Å². The highest BCUT2D eigenvalue weighted by Gasteiger charge is 2.23. The molecule has 2 amide bonds. The number of hydrogen-bond donors (Lipinski definition) is 6. The van der Waals surface area contributed by atoms with Gasteiger partial charge in [-0.25, -0.2) is 19.9 Å². The van der Waals surface area contributed by atoms with Gasteiger partial charge in [0, 0.05) is 0 Å². The second-order valence-electron chi connectivity index (χ2n) is 9.85. The number of carbonyl (C=O) groups excluding carboxylic acids is 2. The van der Waals surface area contributed by atoms with Crippen molar-refractivity contribution in [3.8, 4) is 23.0 Å². The second kappa shape index (κ2) is 9.86. The van der Waals surface area contributed by atoms with E-state index in [-0.39, 0.29) is 11.4 Å². The molecule has 12 heteroatoms. The minimum Gasteiger partial charge on any atom is -0.340 e. The first-order chi connectivity index (χ1) is 20.4. The smallest absolute Gasteiger partial charge is 0.274 e. The summed E-state index contributed by atoms with van der Waals surface area (Å²) in [7, 11) is 0. The molecule has 6 N–H and O–H groups in total. The Morgan fingerprint density at radius 1 is 0.643 bits per heavy atom. The van der Waals surface area contributed by atoms with Crippen molar-refractivity contribution in [1.29, 1.82) is 0 Å². The molecule has 0 bridgehead atoms. The molecule has 3 aromatic carbocycles. The molecule has 4 heterocycles. The van der Waals surface area contributed by atoms with Gasteiger partial charge in [-0.05, 0) is 61.4 Å². The van der Waals surface area contributed by atoms with Gasteiger partial charge in [0.05, 0.1) is 46.1 Å². The number of rotatable bonds is 6. The lowest BCUT2D eigenvalue weighted by molar-refractivity contribution is 0.101. The van der Waals surface area contributed by atoms with Crippen LogP contribution < -0.4 is 10.6 Å². The van der Waals surface area contributed by atoms with E-state index >= 15 is 0 Å². The van der Waals surface area contributed by atoms with Crippen molar-refractivity contribution < 1.29 is 9.59 Å². The number of amides is 2. The molecule has 12 nitrogen and oxygen atoms in total. The van der Waals surface area contributed by atoms with E-state index < -0.39 is 11.8 Å². The fraction of sp³-hybridized carbons (Fsp3) is 0.0667. The van der Waals surface area contributed by atoms with Gasteiger partial charge in [0.25, 0.3) is 11.8 Å². The lowest BCUT2D eigenvalue weighted by Gasteiger charge is -2.15. The third-order valence-corrected chi connectivity index (χ3v) is 7.09. The summed E-state index contributed by atoms with van der Waals surface area (Å²) in [5.74, 6) is 0.0552. The van der Waals surface area contributed by atoms with Crippen molar-refractivity contribution in [2.45, 2.75) is 13.8 Å². The Morgan fingerprint density at radius 3 is 1.50 bits per heavy atom. The fourth-order valence-electron chi connectivity index (χ4n) is 4.82. The molecule has 0 radical (unpaired) electrons. The summed E-state index contributed by atoms with van der Waals surface area (Å²) in [6.45, 7) is 3.86. The largest absolute Gasteiger partial charge is 0.340 e. The number of aryl methyl sites for hydroxylation is 2. The Bertz CT molecular complexity index is 1910. The molecule has 0 unspecified atom stereocenters. The number of aromatic amines is 4. The van der Waals surface area contributed by atoms with Crippen LogP contribution in [-0.4, -0.2) is 51.7 Å². The average Bonchev–Trinajstić information content (AvgIpc) is 3.79. The fourth-order valence-corrected chi connectivity index (χ4v) is 4.82. The van der Waals surface area contributed by atoms with Gasteiger partial charge in [-0.2, -0.15) is 0 Å². The van der Waals surface area contributed by atoms with Gasteiger partial charge in [-0.15, -0.1) is 0 Å². The Morgan fingerprint density at radius 2 is 1.07 bits per heavy atom. The number of nitrogens with zero attached hydrogens (tertiary/aromatic N) is 4. The predicted octanol–water partition coefficient (Wildman–Crippen LogP) is 5.34. The topological polar surface area (TPSA) is 173 Å². The van der Waals surface area contributed by atoms with E-state index in [9.17, 15) is 9.59 Å². The SMILES string of the molecule is Cc1cc(NC(=O)c2[nH]cnc2-c2nc3ccccc3[nH]2)c(NC(=O)c2[nH]cnc2-c2nc3ccccc3[nH]2)cc1C. The lowest BCUT2D eigenvalue weighted by Crippen LogP contribution is -2.19. The van der Waals surface area contributed by atoms with Crippen molar-refractivity contribution >= 4 is 45.3 Å². The van der Waals surface area contributed by atoms with Gasteiger partial charge in [-0.1, -0.05) is 24.3 Å². The van der Waals surface area contributed by atoms with Gasteiger partial charge in [-0.3, -0.25) is 9.59 Å². The molecule has 0 saturated carbocycles. The van der Waals surface area contributed by atoms with Gasteiger partial charge in [0.1, 0.15) is 22.8 Å². The molecular formula is C30H24N10O2. The first-order valence-electron chi connectivity index (χ1n) is 13.2. The van der Waals surface area contributed by atoms with Crippen LogP contribution in [0.1, 0.15) is 32.1 Å². The molecule has 0 aliphatic rings. The third kappa shape index (κ3) is 4.36. The highest BCUT2D eigenvalue weighted by Crippen LogP contribution is 2.29. The van der Waals surface area contributed by atoms with Gasteiger partial charge in [0.2, 0.25) is 0 Å². The second-order valence-corrected chi connectivity index (χ2v) is 9.85. The van der Waals surface area contributed by atoms with Crippen LogP contribution in [0.15, 0.2) is 73.3 Å². The molecule has 0 aliphatic heterocycles. The van der Waals surface area contributed by atoms with Crippen molar-refractivity contribution in [2.24, 2.45) is 0 Å². The minimum atomic E-state index is -0.439. The van der Waals surface area contributed by atoms with Crippen LogP contribution in [0.5, 0.6) is 0 Å². The number of para-hydroxylation sites is 4. The van der Waals surface area contributed by atoms with Crippen LogP contribution in [0.3, 0.4) is 0 Å². The maximum Gasteiger partial charge on any atom is 0.274 e. The summed E-state index contributed by atoms with van der Waals surface area (Å²) in [5, 5.41) is 5.86. The molecule has 7 rings (SSSR count). The Kier molecular flexibility index (Phi) is 5.86. The number of fused-ring (bicyclic) bond motifs is 2. The molecule has 0 spiro atoms. The van der Waals surface area contributed by atoms with Crippen molar-refractivity contribution in [3.05, 3.63) is 95.8 Å². The molecule has 206 valence electrons. The van der Waals surface area contributed by atoms with Gasteiger partial charge >= 0.3 is 0 Å². The van der Waals surface area contributed by atoms with Crippen LogP contribution >= 0.6 is 0 Å². The summed E-state index contributed by atoms with van der Waals surface area (Å²) < 4.78 is 0.